The number of benzene rings is 3. The third-order valence-electron chi connectivity index (χ3n) is 5.98. The average Bonchev–Trinajstić information content (AvgIpc) is 3.32. The van der Waals surface area contributed by atoms with Gasteiger partial charge in [-0.15, -0.1) is 0 Å². The van der Waals surface area contributed by atoms with E-state index in [-0.39, 0.29) is 17.7 Å². The maximum atomic E-state index is 13.5. The molecule has 2 heterocycles. The SMILES string of the molecule is Cc1ccc(C2c3c(-c4cc(Cl)c(C)cc4O)n[nH]c3C(=O)N2Cc2ccccc2)cc1. The van der Waals surface area contributed by atoms with E-state index in [1.165, 1.54) is 0 Å². The highest BCUT2D eigenvalue weighted by atomic mass is 35.5. The van der Waals surface area contributed by atoms with Crippen molar-refractivity contribution in [3.8, 4) is 17.0 Å². The number of fused-ring (bicyclic) bond motifs is 1. The molecule has 1 aliphatic rings. The van der Waals surface area contributed by atoms with Crippen LogP contribution in [-0.4, -0.2) is 26.1 Å². The molecule has 1 aliphatic heterocycles. The van der Waals surface area contributed by atoms with Gasteiger partial charge in [-0.2, -0.15) is 5.10 Å². The van der Waals surface area contributed by atoms with Gasteiger partial charge >= 0.3 is 0 Å². The number of halogens is 1. The molecule has 0 saturated carbocycles. The third kappa shape index (κ3) is 3.35. The number of H-pyrrole nitrogens is 1. The highest BCUT2D eigenvalue weighted by molar-refractivity contribution is 6.31. The number of phenolic OH excluding ortho intramolecular Hbond substituents is 1. The summed E-state index contributed by atoms with van der Waals surface area (Å²) >= 11 is 6.36. The van der Waals surface area contributed by atoms with Gasteiger partial charge in [-0.3, -0.25) is 9.89 Å². The summed E-state index contributed by atoms with van der Waals surface area (Å²) in [5.74, 6) is -0.0382. The maximum absolute atomic E-state index is 13.5. The molecule has 3 aromatic carbocycles. The summed E-state index contributed by atoms with van der Waals surface area (Å²) in [7, 11) is 0. The third-order valence-corrected chi connectivity index (χ3v) is 6.39. The number of aryl methyl sites for hydroxylation is 2. The second-order valence-corrected chi connectivity index (χ2v) is 8.62. The summed E-state index contributed by atoms with van der Waals surface area (Å²) in [6, 6.07) is 21.1. The van der Waals surface area contributed by atoms with Crippen LogP contribution in [0.1, 0.15) is 44.3 Å². The number of nitrogens with zero attached hydrogens (tertiary/aromatic N) is 2. The summed E-state index contributed by atoms with van der Waals surface area (Å²) in [5, 5.41) is 18.6. The number of amides is 1. The van der Waals surface area contributed by atoms with E-state index in [2.05, 4.69) is 10.2 Å². The van der Waals surface area contributed by atoms with Gasteiger partial charge in [-0.25, -0.2) is 0 Å². The van der Waals surface area contributed by atoms with Crippen LogP contribution in [0.5, 0.6) is 5.75 Å². The number of phenols is 1. The Balaban J connectivity index is 1.68. The molecular formula is C26H22ClN3O2. The van der Waals surface area contributed by atoms with Gasteiger partial charge in [0, 0.05) is 22.7 Å². The molecule has 32 heavy (non-hydrogen) atoms. The molecule has 1 unspecified atom stereocenters. The van der Waals surface area contributed by atoms with Crippen molar-refractivity contribution < 1.29 is 9.90 Å². The van der Waals surface area contributed by atoms with Crippen LogP contribution in [0.15, 0.2) is 66.7 Å². The van der Waals surface area contributed by atoms with Gasteiger partial charge in [0.25, 0.3) is 5.91 Å². The number of carbonyl (C=O) groups excluding carboxylic acids is 1. The minimum atomic E-state index is -0.341. The van der Waals surface area contributed by atoms with Crippen molar-refractivity contribution in [3.63, 3.8) is 0 Å². The van der Waals surface area contributed by atoms with Gasteiger partial charge in [-0.05, 0) is 42.7 Å². The summed E-state index contributed by atoms with van der Waals surface area (Å²) < 4.78 is 0. The number of rotatable bonds is 4. The van der Waals surface area contributed by atoms with E-state index in [4.69, 9.17) is 11.6 Å². The fourth-order valence-corrected chi connectivity index (χ4v) is 4.46. The Morgan fingerprint density at radius 3 is 2.50 bits per heavy atom. The summed E-state index contributed by atoms with van der Waals surface area (Å²) in [6.45, 7) is 4.33. The average molecular weight is 444 g/mol. The molecule has 2 N–H and O–H groups in total. The van der Waals surface area contributed by atoms with E-state index < -0.39 is 0 Å². The standard InChI is InChI=1S/C26H22ClN3O2/c1-15-8-10-18(11-9-15)25-22-23(19-13-20(27)16(2)12-21(19)31)28-29-24(22)26(32)30(25)14-17-6-4-3-5-7-17/h3-13,25,31H,14H2,1-2H3,(H,28,29). The molecule has 1 aromatic heterocycles. The van der Waals surface area contributed by atoms with Crippen LogP contribution >= 0.6 is 11.6 Å². The Kier molecular flexibility index (Phi) is 4.98. The number of aromatic amines is 1. The number of aromatic nitrogens is 2. The van der Waals surface area contributed by atoms with Crippen LogP contribution in [0.4, 0.5) is 0 Å². The van der Waals surface area contributed by atoms with Crippen LogP contribution in [0.2, 0.25) is 5.02 Å². The molecule has 0 radical (unpaired) electrons. The molecule has 5 nitrogen and oxygen atoms in total. The minimum Gasteiger partial charge on any atom is -0.507 e. The van der Waals surface area contributed by atoms with Crippen molar-refractivity contribution in [1.82, 2.24) is 15.1 Å². The second kappa shape index (κ2) is 7.84. The van der Waals surface area contributed by atoms with Crippen molar-refractivity contribution >= 4 is 17.5 Å². The molecule has 1 atom stereocenters. The van der Waals surface area contributed by atoms with E-state index in [0.29, 0.717) is 28.5 Å². The van der Waals surface area contributed by atoms with Gasteiger partial charge in [-0.1, -0.05) is 71.8 Å². The fourth-order valence-electron chi connectivity index (χ4n) is 4.30. The molecule has 5 rings (SSSR count). The lowest BCUT2D eigenvalue weighted by atomic mass is 9.94. The first-order valence-corrected chi connectivity index (χ1v) is 10.8. The number of aromatic hydroxyl groups is 1. The maximum Gasteiger partial charge on any atom is 0.273 e. The van der Waals surface area contributed by atoms with Gasteiger partial charge in [0.05, 0.1) is 6.04 Å². The number of nitrogens with one attached hydrogen (secondary N) is 1. The molecule has 160 valence electrons. The first-order chi connectivity index (χ1) is 15.4. The van der Waals surface area contributed by atoms with Crippen molar-refractivity contribution in [2.75, 3.05) is 0 Å². The Morgan fingerprint density at radius 1 is 1.06 bits per heavy atom. The van der Waals surface area contributed by atoms with Gasteiger partial charge in [0.1, 0.15) is 17.1 Å². The smallest absolute Gasteiger partial charge is 0.273 e. The van der Waals surface area contributed by atoms with Crippen molar-refractivity contribution in [2.45, 2.75) is 26.4 Å². The van der Waals surface area contributed by atoms with Crippen LogP contribution in [0.3, 0.4) is 0 Å². The Labute approximate surface area is 191 Å². The Morgan fingerprint density at radius 2 is 1.78 bits per heavy atom. The second-order valence-electron chi connectivity index (χ2n) is 8.21. The van der Waals surface area contributed by atoms with Crippen LogP contribution in [0.25, 0.3) is 11.3 Å². The number of carbonyl (C=O) groups is 1. The van der Waals surface area contributed by atoms with Crippen LogP contribution in [0, 0.1) is 13.8 Å². The molecule has 0 bridgehead atoms. The van der Waals surface area contributed by atoms with Crippen molar-refractivity contribution in [3.05, 3.63) is 105 Å². The molecule has 0 aliphatic carbocycles. The van der Waals surface area contributed by atoms with Crippen LogP contribution < -0.4 is 0 Å². The van der Waals surface area contributed by atoms with E-state index in [0.717, 1.165) is 27.8 Å². The lowest BCUT2D eigenvalue weighted by Crippen LogP contribution is -2.29. The summed E-state index contributed by atoms with van der Waals surface area (Å²) in [6.07, 6.45) is 0. The van der Waals surface area contributed by atoms with E-state index >= 15 is 0 Å². The zero-order valence-electron chi connectivity index (χ0n) is 17.8. The zero-order chi connectivity index (χ0) is 22.4. The summed E-state index contributed by atoms with van der Waals surface area (Å²) in [4.78, 5) is 15.3. The van der Waals surface area contributed by atoms with Gasteiger partial charge in [0.2, 0.25) is 0 Å². The van der Waals surface area contributed by atoms with E-state index in [1.807, 2.05) is 73.3 Å². The minimum absolute atomic E-state index is 0.0813. The topological polar surface area (TPSA) is 69.2 Å². The molecule has 0 spiro atoms. The predicted octanol–water partition coefficient (Wildman–Crippen LogP) is 5.80. The Bertz CT molecular complexity index is 1310. The number of hydrogen-bond donors (Lipinski definition) is 2. The highest BCUT2D eigenvalue weighted by Gasteiger charge is 2.42. The molecular weight excluding hydrogens is 422 g/mol. The van der Waals surface area contributed by atoms with E-state index in [1.54, 1.807) is 12.1 Å². The molecule has 0 saturated heterocycles. The van der Waals surface area contributed by atoms with Crippen molar-refractivity contribution in [1.29, 1.82) is 0 Å². The highest BCUT2D eigenvalue weighted by Crippen LogP contribution is 2.45. The zero-order valence-corrected chi connectivity index (χ0v) is 18.5. The molecule has 0 fully saturated rings. The van der Waals surface area contributed by atoms with Crippen molar-refractivity contribution in [2.24, 2.45) is 0 Å². The Hall–Kier alpha value is -3.57. The first kappa shape index (κ1) is 20.3. The predicted molar refractivity (Wildman–Crippen MR) is 125 cm³/mol. The normalized spacial score (nSPS) is 15.3. The summed E-state index contributed by atoms with van der Waals surface area (Å²) in [5.41, 5.74) is 6.18. The van der Waals surface area contributed by atoms with E-state index in [9.17, 15) is 9.90 Å². The lowest BCUT2D eigenvalue weighted by molar-refractivity contribution is 0.0730. The number of hydrogen-bond acceptors (Lipinski definition) is 3. The van der Waals surface area contributed by atoms with Gasteiger partial charge in [0.15, 0.2) is 0 Å². The molecule has 6 heteroatoms. The first-order valence-electron chi connectivity index (χ1n) is 10.4. The quantitative estimate of drug-likeness (QED) is 0.419. The fraction of sp³-hybridized carbons (Fsp3) is 0.154. The van der Waals surface area contributed by atoms with Crippen LogP contribution in [-0.2, 0) is 6.54 Å². The molecule has 1 amide bonds. The lowest BCUT2D eigenvalue weighted by Gasteiger charge is -2.26. The molecule has 4 aromatic rings. The largest absolute Gasteiger partial charge is 0.507 e. The van der Waals surface area contributed by atoms with Gasteiger partial charge < -0.3 is 10.0 Å². The monoisotopic (exact) mass is 443 g/mol.